The summed E-state index contributed by atoms with van der Waals surface area (Å²) >= 11 is 0. The number of esters is 1. The van der Waals surface area contributed by atoms with Crippen LogP contribution >= 0.6 is 0 Å². The maximum atomic E-state index is 11.3. The molecular weight excluding hydrogens is 218 g/mol. The molecule has 0 radical (unpaired) electrons. The summed E-state index contributed by atoms with van der Waals surface area (Å²) in [6, 6.07) is 0. The number of carbonyl (C=O) groups is 1. The molecule has 0 aromatic carbocycles. The van der Waals surface area contributed by atoms with E-state index in [1.165, 1.54) is 18.6 Å². The van der Waals surface area contributed by atoms with Crippen molar-refractivity contribution < 1.29 is 14.7 Å². The average molecular weight is 245 g/mol. The van der Waals surface area contributed by atoms with Crippen LogP contribution < -0.4 is 0 Å². The van der Waals surface area contributed by atoms with E-state index >= 15 is 0 Å². The first-order valence-electron chi connectivity index (χ1n) is 6.55. The lowest BCUT2D eigenvalue weighted by molar-refractivity contribution is -0.148. The molecule has 0 saturated heterocycles. The van der Waals surface area contributed by atoms with Crippen LogP contribution in [0.2, 0.25) is 0 Å². The SMILES string of the molecule is CC.COC(=O)CC1(CN(C)O)CCCCC1. The van der Waals surface area contributed by atoms with Crippen molar-refractivity contribution >= 4 is 5.97 Å². The number of nitrogens with zero attached hydrogens (tertiary/aromatic N) is 1. The molecule has 1 saturated carbocycles. The summed E-state index contributed by atoms with van der Waals surface area (Å²) in [6.45, 7) is 4.56. The first-order chi connectivity index (χ1) is 8.08. The Morgan fingerprint density at radius 1 is 1.29 bits per heavy atom. The van der Waals surface area contributed by atoms with E-state index in [0.717, 1.165) is 25.7 Å². The number of hydrogen-bond donors (Lipinski definition) is 1. The summed E-state index contributed by atoms with van der Waals surface area (Å²) in [6.07, 6.45) is 5.96. The molecule has 0 unspecified atom stereocenters. The molecule has 1 N–H and O–H groups in total. The van der Waals surface area contributed by atoms with E-state index < -0.39 is 0 Å². The first-order valence-corrected chi connectivity index (χ1v) is 6.55. The lowest BCUT2D eigenvalue weighted by Gasteiger charge is -2.37. The maximum Gasteiger partial charge on any atom is 0.306 e. The molecule has 0 amide bonds. The minimum absolute atomic E-state index is 0.0746. The highest BCUT2D eigenvalue weighted by atomic mass is 16.5. The van der Waals surface area contributed by atoms with E-state index in [9.17, 15) is 10.0 Å². The van der Waals surface area contributed by atoms with Gasteiger partial charge < -0.3 is 9.94 Å². The Labute approximate surface area is 105 Å². The first kappa shape index (κ1) is 16.4. The van der Waals surface area contributed by atoms with Gasteiger partial charge in [0.2, 0.25) is 0 Å². The van der Waals surface area contributed by atoms with E-state index in [2.05, 4.69) is 0 Å². The molecule has 1 fully saturated rings. The maximum absolute atomic E-state index is 11.3. The number of rotatable bonds is 4. The van der Waals surface area contributed by atoms with Gasteiger partial charge in [0.25, 0.3) is 0 Å². The second-order valence-corrected chi connectivity index (χ2v) is 4.63. The average Bonchev–Trinajstić information content (AvgIpc) is 2.31. The normalized spacial score (nSPS) is 18.2. The Bertz CT molecular complexity index is 211. The summed E-state index contributed by atoms with van der Waals surface area (Å²) in [5, 5.41) is 10.5. The van der Waals surface area contributed by atoms with Gasteiger partial charge in [0.1, 0.15) is 0 Å². The van der Waals surface area contributed by atoms with Crippen LogP contribution in [0.4, 0.5) is 0 Å². The summed E-state index contributed by atoms with van der Waals surface area (Å²) in [5.41, 5.74) is -0.0746. The summed E-state index contributed by atoms with van der Waals surface area (Å²) in [7, 11) is 3.05. The fraction of sp³-hybridized carbons (Fsp3) is 0.923. The zero-order valence-corrected chi connectivity index (χ0v) is 11.7. The number of methoxy groups -OCH3 is 1. The van der Waals surface area contributed by atoms with Crippen LogP contribution in [-0.4, -0.2) is 36.9 Å². The Balaban J connectivity index is 0.00000121. The second-order valence-electron chi connectivity index (χ2n) is 4.63. The van der Waals surface area contributed by atoms with Gasteiger partial charge in [0.05, 0.1) is 13.5 Å². The minimum atomic E-state index is -0.168. The monoisotopic (exact) mass is 245 g/mol. The van der Waals surface area contributed by atoms with Crippen molar-refractivity contribution in [1.82, 2.24) is 5.06 Å². The zero-order valence-electron chi connectivity index (χ0n) is 11.7. The Kier molecular flexibility index (Phi) is 8.17. The molecule has 17 heavy (non-hydrogen) atoms. The summed E-state index contributed by atoms with van der Waals surface area (Å²) in [5.74, 6) is -0.168. The standard InChI is InChI=1S/C11H21NO3.C2H6/c1-12(14)9-11(8-10(13)15-2)6-4-3-5-7-11;1-2/h14H,3-9H2,1-2H3;1-2H3. The van der Waals surface area contributed by atoms with E-state index in [1.54, 1.807) is 7.05 Å². The molecule has 0 aromatic heterocycles. The van der Waals surface area contributed by atoms with Crippen LogP contribution in [0, 0.1) is 5.41 Å². The third-order valence-corrected chi connectivity index (χ3v) is 3.23. The Hall–Kier alpha value is -0.610. The van der Waals surface area contributed by atoms with Crippen molar-refractivity contribution in [2.45, 2.75) is 52.4 Å². The molecule has 1 rings (SSSR count). The number of ether oxygens (including phenoxy) is 1. The van der Waals surface area contributed by atoms with E-state index in [4.69, 9.17) is 4.74 Å². The third kappa shape index (κ3) is 6.03. The van der Waals surface area contributed by atoms with Gasteiger partial charge in [-0.2, -0.15) is 5.06 Å². The van der Waals surface area contributed by atoms with Crippen molar-refractivity contribution in [2.24, 2.45) is 5.41 Å². The fourth-order valence-electron chi connectivity index (χ4n) is 2.56. The smallest absolute Gasteiger partial charge is 0.306 e. The second kappa shape index (κ2) is 8.48. The molecule has 4 nitrogen and oxygen atoms in total. The number of hydrogen-bond acceptors (Lipinski definition) is 4. The molecule has 1 aliphatic rings. The van der Waals surface area contributed by atoms with Gasteiger partial charge in [-0.05, 0) is 18.3 Å². The number of carbonyl (C=O) groups excluding carboxylic acids is 1. The van der Waals surface area contributed by atoms with Gasteiger partial charge in [-0.1, -0.05) is 33.1 Å². The van der Waals surface area contributed by atoms with Crippen molar-refractivity contribution in [3.63, 3.8) is 0 Å². The van der Waals surface area contributed by atoms with Gasteiger partial charge >= 0.3 is 5.97 Å². The highest BCUT2D eigenvalue weighted by Crippen LogP contribution is 2.39. The van der Waals surface area contributed by atoms with Crippen LogP contribution in [0.25, 0.3) is 0 Å². The van der Waals surface area contributed by atoms with Gasteiger partial charge in [0.15, 0.2) is 0 Å². The van der Waals surface area contributed by atoms with Crippen molar-refractivity contribution in [2.75, 3.05) is 20.7 Å². The molecule has 0 aromatic rings. The van der Waals surface area contributed by atoms with Crippen LogP contribution in [-0.2, 0) is 9.53 Å². The fourth-order valence-corrected chi connectivity index (χ4v) is 2.56. The van der Waals surface area contributed by atoms with Gasteiger partial charge in [-0.25, -0.2) is 0 Å². The molecule has 0 heterocycles. The van der Waals surface area contributed by atoms with Crippen molar-refractivity contribution in [3.8, 4) is 0 Å². The van der Waals surface area contributed by atoms with Crippen molar-refractivity contribution in [3.05, 3.63) is 0 Å². The molecule has 102 valence electrons. The lowest BCUT2D eigenvalue weighted by atomic mass is 9.71. The molecular formula is C13H27NO3. The summed E-state index contributed by atoms with van der Waals surface area (Å²) < 4.78 is 4.72. The predicted octanol–water partition coefficient (Wildman–Crippen LogP) is 2.85. The van der Waals surface area contributed by atoms with Gasteiger partial charge in [0, 0.05) is 13.6 Å². The van der Waals surface area contributed by atoms with Crippen LogP contribution in [0.15, 0.2) is 0 Å². The number of hydroxylamine groups is 2. The lowest BCUT2D eigenvalue weighted by Crippen LogP contribution is -2.38. The van der Waals surface area contributed by atoms with E-state index in [1.807, 2.05) is 13.8 Å². The van der Waals surface area contributed by atoms with Crippen LogP contribution in [0.5, 0.6) is 0 Å². The van der Waals surface area contributed by atoms with Crippen molar-refractivity contribution in [1.29, 1.82) is 0 Å². The van der Waals surface area contributed by atoms with Gasteiger partial charge in [-0.15, -0.1) is 0 Å². The minimum Gasteiger partial charge on any atom is -0.469 e. The van der Waals surface area contributed by atoms with Gasteiger partial charge in [-0.3, -0.25) is 4.79 Å². The molecule has 0 spiro atoms. The highest BCUT2D eigenvalue weighted by molar-refractivity contribution is 5.70. The van der Waals surface area contributed by atoms with Crippen LogP contribution in [0.3, 0.4) is 0 Å². The third-order valence-electron chi connectivity index (χ3n) is 3.23. The highest BCUT2D eigenvalue weighted by Gasteiger charge is 2.35. The molecule has 0 bridgehead atoms. The molecule has 0 aliphatic heterocycles. The van der Waals surface area contributed by atoms with E-state index in [-0.39, 0.29) is 11.4 Å². The van der Waals surface area contributed by atoms with Crippen LogP contribution in [0.1, 0.15) is 52.4 Å². The largest absolute Gasteiger partial charge is 0.469 e. The Morgan fingerprint density at radius 2 is 1.82 bits per heavy atom. The summed E-state index contributed by atoms with van der Waals surface area (Å²) in [4.78, 5) is 11.3. The molecule has 0 atom stereocenters. The topological polar surface area (TPSA) is 49.8 Å². The molecule has 4 heteroatoms. The predicted molar refractivity (Wildman–Crippen MR) is 67.9 cm³/mol. The molecule has 1 aliphatic carbocycles. The Morgan fingerprint density at radius 3 is 2.24 bits per heavy atom. The zero-order chi connectivity index (χ0) is 13.3. The quantitative estimate of drug-likeness (QED) is 0.611. The van der Waals surface area contributed by atoms with E-state index in [0.29, 0.717) is 13.0 Å².